The number of ether oxygens (including phenoxy) is 1. The lowest BCUT2D eigenvalue weighted by atomic mass is 9.99. The van der Waals surface area contributed by atoms with Gasteiger partial charge in [0.15, 0.2) is 0 Å². The van der Waals surface area contributed by atoms with Crippen LogP contribution < -0.4 is 5.32 Å². The van der Waals surface area contributed by atoms with E-state index in [-0.39, 0.29) is 6.03 Å². The van der Waals surface area contributed by atoms with Crippen molar-refractivity contribution in [2.24, 2.45) is 7.05 Å². The van der Waals surface area contributed by atoms with E-state index in [1.165, 1.54) is 0 Å². The van der Waals surface area contributed by atoms with Crippen LogP contribution in [0.3, 0.4) is 0 Å². The molecule has 0 radical (unpaired) electrons. The van der Waals surface area contributed by atoms with Crippen LogP contribution in [-0.2, 0) is 24.9 Å². The van der Waals surface area contributed by atoms with Crippen molar-refractivity contribution in [1.82, 2.24) is 34.5 Å². The number of imidazole rings is 1. The van der Waals surface area contributed by atoms with Gasteiger partial charge in [-0.2, -0.15) is 5.10 Å². The summed E-state index contributed by atoms with van der Waals surface area (Å²) < 4.78 is 9.75. The summed E-state index contributed by atoms with van der Waals surface area (Å²) in [5.41, 5.74) is 4.96. The van der Waals surface area contributed by atoms with Crippen molar-refractivity contribution in [1.29, 1.82) is 0 Å². The predicted molar refractivity (Wildman–Crippen MR) is 133 cm³/mol. The smallest absolute Gasteiger partial charge is 0.317 e. The average Bonchev–Trinajstić information content (AvgIpc) is 3.51. The highest BCUT2D eigenvalue weighted by molar-refractivity contribution is 5.97. The van der Waals surface area contributed by atoms with Gasteiger partial charge in [-0.25, -0.2) is 9.78 Å². The summed E-state index contributed by atoms with van der Waals surface area (Å²) >= 11 is 0. The second-order valence-corrected chi connectivity index (χ2v) is 9.28. The zero-order valence-electron chi connectivity index (χ0n) is 20.1. The van der Waals surface area contributed by atoms with Gasteiger partial charge in [0, 0.05) is 75.2 Å². The van der Waals surface area contributed by atoms with Crippen molar-refractivity contribution in [2.75, 3.05) is 26.8 Å². The Kier molecular flexibility index (Phi) is 5.49. The third kappa shape index (κ3) is 3.85. The molecule has 1 fully saturated rings. The van der Waals surface area contributed by atoms with Crippen LogP contribution in [0.1, 0.15) is 30.3 Å². The Bertz CT molecular complexity index is 1400. The number of hydrogen-bond donors (Lipinski definition) is 1. The molecule has 0 unspecified atom stereocenters. The van der Waals surface area contributed by atoms with E-state index in [0.29, 0.717) is 19.0 Å². The van der Waals surface area contributed by atoms with Crippen LogP contribution in [0.5, 0.6) is 0 Å². The minimum atomic E-state index is -0.0586. The van der Waals surface area contributed by atoms with Crippen LogP contribution >= 0.6 is 0 Å². The molecular weight excluding hydrogens is 442 g/mol. The van der Waals surface area contributed by atoms with Crippen molar-refractivity contribution in [2.45, 2.75) is 31.8 Å². The monoisotopic (exact) mass is 471 g/mol. The Hall–Kier alpha value is -3.72. The first-order valence-corrected chi connectivity index (χ1v) is 12.1. The number of carbonyl (C=O) groups excluding carboxylic acids is 1. The maximum Gasteiger partial charge on any atom is 0.317 e. The Morgan fingerprint density at radius 2 is 2.03 bits per heavy atom. The number of fused-ring (bicyclic) bond motifs is 2. The van der Waals surface area contributed by atoms with Crippen molar-refractivity contribution >= 4 is 16.8 Å². The number of benzene rings is 1. The first kappa shape index (κ1) is 21.8. The van der Waals surface area contributed by atoms with E-state index in [1.54, 1.807) is 11.7 Å². The van der Waals surface area contributed by atoms with Crippen LogP contribution in [0, 0.1) is 0 Å². The standard InChI is InChI=1S/C26H29N7O2/c1-27-26(34)32-8-9-33-23(16-32)24(30-25(33)17-6-10-35-11-7-17)20-5-3-4-18-12-22(28-14-21(18)20)19-13-29-31(2)15-19/h3-5,12-15,17H,6-11,16H2,1-2H3,(H,27,34). The molecule has 4 aromatic rings. The molecule has 9 heteroatoms. The fraction of sp³-hybridized carbons (Fsp3) is 0.385. The third-order valence-electron chi connectivity index (χ3n) is 7.14. The zero-order valence-corrected chi connectivity index (χ0v) is 20.1. The number of carbonyl (C=O) groups is 1. The Labute approximate surface area is 203 Å². The van der Waals surface area contributed by atoms with Gasteiger partial charge < -0.3 is 19.5 Å². The maximum absolute atomic E-state index is 12.5. The van der Waals surface area contributed by atoms with Gasteiger partial charge in [-0.15, -0.1) is 0 Å². The van der Waals surface area contributed by atoms with E-state index < -0.39 is 0 Å². The summed E-state index contributed by atoms with van der Waals surface area (Å²) in [7, 11) is 3.58. The number of nitrogens with zero attached hydrogens (tertiary/aromatic N) is 6. The Morgan fingerprint density at radius 1 is 1.17 bits per heavy atom. The lowest BCUT2D eigenvalue weighted by molar-refractivity contribution is 0.0823. The molecule has 1 N–H and O–H groups in total. The van der Waals surface area contributed by atoms with Gasteiger partial charge in [0.25, 0.3) is 0 Å². The average molecular weight is 472 g/mol. The highest BCUT2D eigenvalue weighted by Gasteiger charge is 2.31. The first-order chi connectivity index (χ1) is 17.1. The van der Waals surface area contributed by atoms with Gasteiger partial charge in [-0.05, 0) is 24.3 Å². The van der Waals surface area contributed by atoms with Gasteiger partial charge in [0.2, 0.25) is 0 Å². The molecule has 2 aliphatic heterocycles. The second-order valence-electron chi connectivity index (χ2n) is 9.28. The molecule has 0 aliphatic carbocycles. The molecule has 5 heterocycles. The SMILES string of the molecule is CNC(=O)N1CCn2c(C3CCOCC3)nc(-c3cccc4cc(-c5cnn(C)c5)ncc34)c2C1. The molecule has 35 heavy (non-hydrogen) atoms. The highest BCUT2D eigenvalue weighted by Crippen LogP contribution is 2.37. The van der Waals surface area contributed by atoms with Gasteiger partial charge in [0.1, 0.15) is 5.82 Å². The quantitative estimate of drug-likeness (QED) is 0.494. The van der Waals surface area contributed by atoms with Gasteiger partial charge in [0.05, 0.1) is 29.8 Å². The first-order valence-electron chi connectivity index (χ1n) is 12.1. The van der Waals surface area contributed by atoms with E-state index in [9.17, 15) is 4.79 Å². The molecule has 0 atom stereocenters. The maximum atomic E-state index is 12.5. The largest absolute Gasteiger partial charge is 0.381 e. The van der Waals surface area contributed by atoms with Crippen LogP contribution in [0.15, 0.2) is 42.9 Å². The fourth-order valence-electron chi connectivity index (χ4n) is 5.30. The molecule has 1 saturated heterocycles. The summed E-state index contributed by atoms with van der Waals surface area (Å²) in [5.74, 6) is 1.49. The van der Waals surface area contributed by atoms with Crippen LogP contribution in [0.2, 0.25) is 0 Å². The number of nitrogens with one attached hydrogen (secondary N) is 1. The number of hydrogen-bond acceptors (Lipinski definition) is 5. The zero-order chi connectivity index (χ0) is 23.9. The Morgan fingerprint density at radius 3 is 2.80 bits per heavy atom. The molecule has 3 aromatic heterocycles. The summed E-state index contributed by atoms with van der Waals surface area (Å²) in [4.78, 5) is 24.3. The summed E-state index contributed by atoms with van der Waals surface area (Å²) in [6.07, 6.45) is 7.68. The minimum Gasteiger partial charge on any atom is -0.381 e. The van der Waals surface area contributed by atoms with Crippen LogP contribution in [0.4, 0.5) is 4.79 Å². The van der Waals surface area contributed by atoms with E-state index in [4.69, 9.17) is 14.7 Å². The van der Waals surface area contributed by atoms with E-state index in [2.05, 4.69) is 39.2 Å². The molecule has 0 bridgehead atoms. The molecule has 0 saturated carbocycles. The fourth-order valence-corrected chi connectivity index (χ4v) is 5.30. The summed E-state index contributed by atoms with van der Waals surface area (Å²) in [6.45, 7) is 3.48. The Balaban J connectivity index is 1.47. The van der Waals surface area contributed by atoms with Crippen molar-refractivity contribution in [3.05, 3.63) is 54.4 Å². The number of pyridine rings is 1. The molecule has 9 nitrogen and oxygen atoms in total. The molecule has 2 amide bonds. The number of amides is 2. The van der Waals surface area contributed by atoms with Crippen LogP contribution in [-0.4, -0.2) is 62.1 Å². The van der Waals surface area contributed by atoms with Crippen molar-refractivity contribution in [3.8, 4) is 22.5 Å². The van der Waals surface area contributed by atoms with Gasteiger partial charge in [-0.3, -0.25) is 9.67 Å². The third-order valence-corrected chi connectivity index (χ3v) is 7.14. The number of aromatic nitrogens is 5. The van der Waals surface area contributed by atoms with Gasteiger partial charge in [-0.1, -0.05) is 18.2 Å². The molecule has 0 spiro atoms. The lowest BCUT2D eigenvalue weighted by Gasteiger charge is -2.30. The topological polar surface area (TPSA) is 90.1 Å². The lowest BCUT2D eigenvalue weighted by Crippen LogP contribution is -2.43. The molecule has 2 aliphatic rings. The van der Waals surface area contributed by atoms with E-state index >= 15 is 0 Å². The van der Waals surface area contributed by atoms with E-state index in [1.807, 2.05) is 30.5 Å². The van der Waals surface area contributed by atoms with Crippen molar-refractivity contribution < 1.29 is 9.53 Å². The normalized spacial score (nSPS) is 16.5. The minimum absolute atomic E-state index is 0.0586. The summed E-state index contributed by atoms with van der Waals surface area (Å²) in [5, 5.41) is 9.21. The predicted octanol–water partition coefficient (Wildman–Crippen LogP) is 3.55. The summed E-state index contributed by atoms with van der Waals surface area (Å²) in [6, 6.07) is 8.35. The molecule has 180 valence electrons. The molecule has 6 rings (SSSR count). The number of rotatable bonds is 3. The molecular formula is C26H29N7O2. The molecule has 1 aromatic carbocycles. The van der Waals surface area contributed by atoms with E-state index in [0.717, 1.165) is 77.4 Å². The van der Waals surface area contributed by atoms with Crippen LogP contribution in [0.25, 0.3) is 33.3 Å². The van der Waals surface area contributed by atoms with Gasteiger partial charge >= 0.3 is 6.03 Å². The number of aryl methyl sites for hydroxylation is 1. The number of urea groups is 1. The van der Waals surface area contributed by atoms with Crippen molar-refractivity contribution in [3.63, 3.8) is 0 Å². The highest BCUT2D eigenvalue weighted by atomic mass is 16.5. The second kappa shape index (κ2) is 8.81.